The second kappa shape index (κ2) is 6.01. The number of aromatic nitrogens is 3. The predicted octanol–water partition coefficient (Wildman–Crippen LogP) is 0.478. The number of carbonyl (C=O) groups is 1. The highest BCUT2D eigenvalue weighted by molar-refractivity contribution is 7.99. The molecular weight excluding hydrogens is 266 g/mol. The molecule has 0 unspecified atom stereocenters. The molecule has 0 aliphatic heterocycles. The van der Waals surface area contributed by atoms with Crippen molar-refractivity contribution < 1.29 is 4.79 Å². The quantitative estimate of drug-likeness (QED) is 0.553. The van der Waals surface area contributed by atoms with Crippen LogP contribution in [0.4, 0.5) is 11.6 Å². The first-order valence-electron chi connectivity index (χ1n) is 5.34. The highest BCUT2D eigenvalue weighted by atomic mass is 32.2. The molecule has 0 spiro atoms. The van der Waals surface area contributed by atoms with E-state index >= 15 is 0 Å². The number of anilines is 2. The summed E-state index contributed by atoms with van der Waals surface area (Å²) < 4.78 is 0. The van der Waals surface area contributed by atoms with Crippen molar-refractivity contribution in [3.05, 3.63) is 40.8 Å². The Bertz CT molecular complexity index is 628. The highest BCUT2D eigenvalue weighted by Crippen LogP contribution is 2.12. The number of rotatable bonds is 4. The standard InChI is InChI=1S/C11H11N5O2S/c12-7-5-9(17)16-11(14-7)19-6-10(18)15-8-3-1-2-4-13-8/h1-5H,6H2,(H,13,15,18)(H3,12,14,16,17). The summed E-state index contributed by atoms with van der Waals surface area (Å²) in [7, 11) is 0. The van der Waals surface area contributed by atoms with E-state index in [0.717, 1.165) is 11.8 Å². The topological polar surface area (TPSA) is 114 Å². The number of nitrogen functional groups attached to an aromatic ring is 1. The van der Waals surface area contributed by atoms with Crippen molar-refractivity contribution in [2.45, 2.75) is 5.16 Å². The molecule has 0 saturated carbocycles. The van der Waals surface area contributed by atoms with Crippen LogP contribution < -0.4 is 16.6 Å². The molecular formula is C11H11N5O2S. The minimum absolute atomic E-state index is 0.100. The molecule has 2 aromatic rings. The zero-order chi connectivity index (χ0) is 13.7. The first-order valence-corrected chi connectivity index (χ1v) is 6.32. The van der Waals surface area contributed by atoms with Crippen molar-refractivity contribution in [2.75, 3.05) is 16.8 Å². The van der Waals surface area contributed by atoms with Gasteiger partial charge in [-0.25, -0.2) is 9.97 Å². The third-order valence-corrected chi connectivity index (χ3v) is 2.89. The molecule has 7 nitrogen and oxygen atoms in total. The first kappa shape index (κ1) is 13.1. The maximum atomic E-state index is 11.6. The van der Waals surface area contributed by atoms with E-state index in [4.69, 9.17) is 5.73 Å². The minimum Gasteiger partial charge on any atom is -0.383 e. The van der Waals surface area contributed by atoms with Gasteiger partial charge in [-0.1, -0.05) is 17.8 Å². The van der Waals surface area contributed by atoms with Gasteiger partial charge in [0.25, 0.3) is 5.56 Å². The number of nitrogens with zero attached hydrogens (tertiary/aromatic N) is 2. The number of nitrogens with two attached hydrogens (primary N) is 1. The summed E-state index contributed by atoms with van der Waals surface area (Å²) in [5, 5.41) is 2.93. The van der Waals surface area contributed by atoms with E-state index in [-0.39, 0.29) is 23.0 Å². The van der Waals surface area contributed by atoms with E-state index in [2.05, 4.69) is 20.3 Å². The van der Waals surface area contributed by atoms with Crippen molar-refractivity contribution in [1.82, 2.24) is 15.0 Å². The number of nitrogens with one attached hydrogen (secondary N) is 2. The van der Waals surface area contributed by atoms with Crippen LogP contribution in [-0.4, -0.2) is 26.6 Å². The summed E-state index contributed by atoms with van der Waals surface area (Å²) >= 11 is 1.09. The molecule has 2 aromatic heterocycles. The van der Waals surface area contributed by atoms with Crippen molar-refractivity contribution in [3.8, 4) is 0 Å². The molecule has 19 heavy (non-hydrogen) atoms. The fourth-order valence-corrected chi connectivity index (χ4v) is 1.95. The Morgan fingerprint density at radius 1 is 1.47 bits per heavy atom. The summed E-state index contributed by atoms with van der Waals surface area (Å²) in [5.74, 6) is 0.454. The molecule has 0 aliphatic rings. The second-order valence-corrected chi connectivity index (χ2v) is 4.49. The Kier molecular flexibility index (Phi) is 4.14. The monoisotopic (exact) mass is 277 g/mol. The number of amides is 1. The van der Waals surface area contributed by atoms with Crippen molar-refractivity contribution in [2.24, 2.45) is 0 Å². The molecule has 0 radical (unpaired) electrons. The minimum atomic E-state index is -0.347. The summed E-state index contributed by atoms with van der Waals surface area (Å²) in [6.07, 6.45) is 1.58. The molecule has 0 fully saturated rings. The van der Waals surface area contributed by atoms with E-state index in [1.807, 2.05) is 0 Å². The Morgan fingerprint density at radius 3 is 3.00 bits per heavy atom. The Hall–Kier alpha value is -2.35. The van der Waals surface area contributed by atoms with Gasteiger partial charge < -0.3 is 16.0 Å². The number of H-pyrrole nitrogens is 1. The lowest BCUT2D eigenvalue weighted by Crippen LogP contribution is -2.16. The molecule has 0 atom stereocenters. The Labute approximate surface area is 112 Å². The van der Waals surface area contributed by atoms with Gasteiger partial charge in [-0.3, -0.25) is 9.59 Å². The van der Waals surface area contributed by atoms with Crippen LogP contribution in [0.2, 0.25) is 0 Å². The lowest BCUT2D eigenvalue weighted by Gasteiger charge is -2.03. The Morgan fingerprint density at radius 2 is 2.32 bits per heavy atom. The average molecular weight is 277 g/mol. The van der Waals surface area contributed by atoms with E-state index in [9.17, 15) is 9.59 Å². The summed E-state index contributed by atoms with van der Waals surface area (Å²) in [6.45, 7) is 0. The van der Waals surface area contributed by atoms with Gasteiger partial charge in [-0.2, -0.15) is 0 Å². The number of hydrogen-bond donors (Lipinski definition) is 3. The zero-order valence-corrected chi connectivity index (χ0v) is 10.6. The normalized spacial score (nSPS) is 10.1. The van der Waals surface area contributed by atoms with Crippen LogP contribution in [0.25, 0.3) is 0 Å². The summed E-state index contributed by atoms with van der Waals surface area (Å²) in [4.78, 5) is 33.1. The van der Waals surface area contributed by atoms with Crippen LogP contribution in [0.1, 0.15) is 0 Å². The smallest absolute Gasteiger partial charge is 0.253 e. The number of aromatic amines is 1. The number of hydrogen-bond acceptors (Lipinski definition) is 6. The molecule has 2 rings (SSSR count). The van der Waals surface area contributed by atoms with Gasteiger partial charge in [0.2, 0.25) is 5.91 Å². The van der Waals surface area contributed by atoms with Gasteiger partial charge in [0.15, 0.2) is 5.16 Å². The van der Waals surface area contributed by atoms with Crippen molar-refractivity contribution >= 4 is 29.3 Å². The molecule has 8 heteroatoms. The Balaban J connectivity index is 1.92. The van der Waals surface area contributed by atoms with Gasteiger partial charge in [0.1, 0.15) is 11.6 Å². The van der Waals surface area contributed by atoms with Gasteiger partial charge in [0.05, 0.1) is 5.75 Å². The summed E-state index contributed by atoms with van der Waals surface area (Å²) in [6, 6.07) is 6.39. The molecule has 98 valence electrons. The van der Waals surface area contributed by atoms with E-state index in [0.29, 0.717) is 11.0 Å². The number of thioether (sulfide) groups is 1. The van der Waals surface area contributed by atoms with E-state index in [1.54, 1.807) is 24.4 Å². The number of carbonyl (C=O) groups excluding carboxylic acids is 1. The molecule has 0 aromatic carbocycles. The van der Waals surface area contributed by atoms with Gasteiger partial charge >= 0.3 is 0 Å². The van der Waals surface area contributed by atoms with E-state index < -0.39 is 0 Å². The maximum Gasteiger partial charge on any atom is 0.253 e. The molecule has 0 saturated heterocycles. The second-order valence-electron chi connectivity index (χ2n) is 3.53. The largest absolute Gasteiger partial charge is 0.383 e. The van der Waals surface area contributed by atoms with Crippen LogP contribution in [0.3, 0.4) is 0 Å². The third kappa shape index (κ3) is 4.11. The molecule has 4 N–H and O–H groups in total. The molecule has 1 amide bonds. The van der Waals surface area contributed by atoms with Crippen LogP contribution in [-0.2, 0) is 4.79 Å². The van der Waals surface area contributed by atoms with E-state index in [1.165, 1.54) is 6.07 Å². The van der Waals surface area contributed by atoms with Crippen LogP contribution >= 0.6 is 11.8 Å². The highest BCUT2D eigenvalue weighted by Gasteiger charge is 2.06. The molecule has 0 bridgehead atoms. The third-order valence-electron chi connectivity index (χ3n) is 2.01. The van der Waals surface area contributed by atoms with Crippen LogP contribution in [0.5, 0.6) is 0 Å². The molecule has 2 heterocycles. The SMILES string of the molecule is Nc1cc(=O)[nH]c(SCC(=O)Nc2ccccn2)n1. The van der Waals surface area contributed by atoms with Gasteiger partial charge in [-0.05, 0) is 12.1 Å². The number of pyridine rings is 1. The average Bonchev–Trinajstić information content (AvgIpc) is 2.36. The first-order chi connectivity index (χ1) is 9.13. The lowest BCUT2D eigenvalue weighted by molar-refractivity contribution is -0.113. The fourth-order valence-electron chi connectivity index (χ4n) is 1.27. The fraction of sp³-hybridized carbons (Fsp3) is 0.0909. The lowest BCUT2D eigenvalue weighted by atomic mass is 10.4. The summed E-state index contributed by atoms with van der Waals surface area (Å²) in [5.41, 5.74) is 5.09. The van der Waals surface area contributed by atoms with Gasteiger partial charge in [0, 0.05) is 12.3 Å². The predicted molar refractivity (Wildman–Crippen MR) is 72.9 cm³/mol. The van der Waals surface area contributed by atoms with Crippen molar-refractivity contribution in [3.63, 3.8) is 0 Å². The zero-order valence-electron chi connectivity index (χ0n) is 9.79. The van der Waals surface area contributed by atoms with Crippen LogP contribution in [0, 0.1) is 0 Å². The van der Waals surface area contributed by atoms with Crippen LogP contribution in [0.15, 0.2) is 40.4 Å². The molecule has 0 aliphatic carbocycles. The maximum absolute atomic E-state index is 11.6. The van der Waals surface area contributed by atoms with Crippen molar-refractivity contribution in [1.29, 1.82) is 0 Å². The van der Waals surface area contributed by atoms with Gasteiger partial charge in [-0.15, -0.1) is 0 Å².